The fourth-order valence-corrected chi connectivity index (χ4v) is 5.50. The third kappa shape index (κ3) is 4.05. The Bertz CT molecular complexity index is 1310. The molecular weight excluding hydrogens is 448 g/mol. The summed E-state index contributed by atoms with van der Waals surface area (Å²) in [7, 11) is 0. The Morgan fingerprint density at radius 2 is 2.06 bits per heavy atom. The number of nitrogens with one attached hydrogen (secondary N) is 1. The molecule has 1 aliphatic carbocycles. The molecule has 1 unspecified atom stereocenters. The SMILES string of the molecule is Cc1csc2c(-n3nc(Nc4ccc(N5CCN(CC6CC6)C(C)C5)nc4)nc3N)ncnc12. The van der Waals surface area contributed by atoms with E-state index in [0.717, 1.165) is 52.8 Å². The molecule has 176 valence electrons. The van der Waals surface area contributed by atoms with Crippen LogP contribution in [0, 0.1) is 12.8 Å². The Hall–Kier alpha value is -3.31. The standard InChI is InChI=1S/C23H28N10S/c1-14-12-34-20-19(14)26-13-27-21(20)33-22(24)29-23(30-33)28-17-5-6-18(25-9-17)32-8-7-31(15(2)10-32)11-16-3-4-16/h5-6,9,12-13,15-16H,3-4,7-8,10-11H2,1-2H3,(H3,24,28,29,30). The Kier molecular flexibility index (Phi) is 5.30. The summed E-state index contributed by atoms with van der Waals surface area (Å²) < 4.78 is 2.48. The van der Waals surface area contributed by atoms with Crippen LogP contribution in [0.1, 0.15) is 25.3 Å². The third-order valence-electron chi connectivity index (χ3n) is 6.63. The van der Waals surface area contributed by atoms with Crippen LogP contribution in [-0.2, 0) is 0 Å². The highest BCUT2D eigenvalue weighted by atomic mass is 32.1. The van der Waals surface area contributed by atoms with Gasteiger partial charge in [0.25, 0.3) is 0 Å². The van der Waals surface area contributed by atoms with Gasteiger partial charge in [-0.2, -0.15) is 9.67 Å². The molecule has 2 aliphatic rings. The van der Waals surface area contributed by atoms with Gasteiger partial charge in [-0.25, -0.2) is 15.0 Å². The molecule has 4 aromatic heterocycles. The number of nitrogens with zero attached hydrogens (tertiary/aromatic N) is 8. The van der Waals surface area contributed by atoms with Crippen molar-refractivity contribution >= 4 is 45.0 Å². The van der Waals surface area contributed by atoms with Crippen LogP contribution < -0.4 is 16.0 Å². The van der Waals surface area contributed by atoms with Crippen molar-refractivity contribution in [3.05, 3.63) is 35.6 Å². The summed E-state index contributed by atoms with van der Waals surface area (Å²) in [6, 6.07) is 4.60. The molecule has 4 aromatic rings. The predicted octanol–water partition coefficient (Wildman–Crippen LogP) is 3.22. The Balaban J connectivity index is 1.15. The van der Waals surface area contributed by atoms with Gasteiger partial charge in [0, 0.05) is 32.2 Å². The molecule has 2 fully saturated rings. The number of fused-ring (bicyclic) bond motifs is 1. The maximum atomic E-state index is 6.17. The number of anilines is 4. The highest BCUT2D eigenvalue weighted by Crippen LogP contribution is 2.31. The Morgan fingerprint density at radius 3 is 2.82 bits per heavy atom. The van der Waals surface area contributed by atoms with Crippen molar-refractivity contribution in [2.75, 3.05) is 42.1 Å². The van der Waals surface area contributed by atoms with E-state index in [1.807, 2.05) is 25.3 Å². The molecule has 0 radical (unpaired) electrons. The molecule has 1 aliphatic heterocycles. The molecule has 10 nitrogen and oxygen atoms in total. The van der Waals surface area contributed by atoms with E-state index in [1.54, 1.807) is 16.0 Å². The maximum Gasteiger partial charge on any atom is 0.248 e. The zero-order valence-corrected chi connectivity index (χ0v) is 20.2. The molecule has 1 saturated heterocycles. The smallest absolute Gasteiger partial charge is 0.248 e. The van der Waals surface area contributed by atoms with Crippen LogP contribution in [0.25, 0.3) is 16.0 Å². The summed E-state index contributed by atoms with van der Waals surface area (Å²) in [4.78, 5) is 22.8. The molecular formula is C23H28N10S. The summed E-state index contributed by atoms with van der Waals surface area (Å²) in [6.07, 6.45) is 6.15. The van der Waals surface area contributed by atoms with Crippen molar-refractivity contribution < 1.29 is 0 Å². The zero-order chi connectivity index (χ0) is 23.2. The second kappa shape index (κ2) is 8.48. The van der Waals surface area contributed by atoms with Gasteiger partial charge in [-0.3, -0.25) is 4.90 Å². The van der Waals surface area contributed by atoms with Gasteiger partial charge >= 0.3 is 0 Å². The summed E-state index contributed by atoms with van der Waals surface area (Å²) in [6.45, 7) is 8.71. The lowest BCUT2D eigenvalue weighted by Crippen LogP contribution is -2.52. The molecule has 0 amide bonds. The second-order valence-corrected chi connectivity index (χ2v) is 10.1. The number of rotatable bonds is 6. The average Bonchev–Trinajstić information content (AvgIpc) is 3.48. The van der Waals surface area contributed by atoms with Crippen LogP contribution in [0.3, 0.4) is 0 Å². The first-order chi connectivity index (χ1) is 16.5. The first-order valence-corrected chi connectivity index (χ1v) is 12.6. The van der Waals surface area contributed by atoms with Gasteiger partial charge in [0.05, 0.1) is 22.1 Å². The maximum absolute atomic E-state index is 6.17. The molecule has 6 rings (SSSR count). The fourth-order valence-electron chi connectivity index (χ4n) is 4.52. The number of hydrogen-bond acceptors (Lipinski definition) is 10. The van der Waals surface area contributed by atoms with E-state index in [9.17, 15) is 0 Å². The highest BCUT2D eigenvalue weighted by molar-refractivity contribution is 7.17. The van der Waals surface area contributed by atoms with E-state index in [-0.39, 0.29) is 5.95 Å². The first-order valence-electron chi connectivity index (χ1n) is 11.7. The van der Waals surface area contributed by atoms with Crippen molar-refractivity contribution in [1.29, 1.82) is 0 Å². The number of aryl methyl sites for hydroxylation is 1. The van der Waals surface area contributed by atoms with Crippen molar-refractivity contribution in [3.8, 4) is 5.82 Å². The van der Waals surface area contributed by atoms with Crippen LogP contribution >= 0.6 is 11.3 Å². The number of nitrogen functional groups attached to an aromatic ring is 1. The van der Waals surface area contributed by atoms with Crippen LogP contribution in [-0.4, -0.2) is 66.8 Å². The van der Waals surface area contributed by atoms with Crippen molar-refractivity contribution in [3.63, 3.8) is 0 Å². The van der Waals surface area contributed by atoms with Gasteiger partial charge in [-0.05, 0) is 55.7 Å². The molecule has 34 heavy (non-hydrogen) atoms. The van der Waals surface area contributed by atoms with E-state index in [1.165, 1.54) is 25.7 Å². The lowest BCUT2D eigenvalue weighted by atomic mass is 10.1. The Morgan fingerprint density at radius 1 is 1.18 bits per heavy atom. The number of thiophene rings is 1. The number of piperazine rings is 1. The van der Waals surface area contributed by atoms with Crippen LogP contribution in [0.2, 0.25) is 0 Å². The van der Waals surface area contributed by atoms with Gasteiger partial charge in [0.2, 0.25) is 11.9 Å². The average molecular weight is 477 g/mol. The predicted molar refractivity (Wildman–Crippen MR) is 135 cm³/mol. The van der Waals surface area contributed by atoms with Gasteiger partial charge in [0.15, 0.2) is 5.82 Å². The largest absolute Gasteiger partial charge is 0.368 e. The lowest BCUT2D eigenvalue weighted by molar-refractivity contribution is 0.181. The van der Waals surface area contributed by atoms with Crippen molar-refractivity contribution in [2.24, 2.45) is 5.92 Å². The number of pyridine rings is 1. The lowest BCUT2D eigenvalue weighted by Gasteiger charge is -2.40. The molecule has 1 saturated carbocycles. The molecule has 0 bridgehead atoms. The molecule has 1 atom stereocenters. The monoisotopic (exact) mass is 476 g/mol. The third-order valence-corrected chi connectivity index (χ3v) is 7.71. The minimum atomic E-state index is 0.260. The topological polar surface area (TPSA) is 114 Å². The van der Waals surface area contributed by atoms with Gasteiger partial charge < -0.3 is 16.0 Å². The minimum Gasteiger partial charge on any atom is -0.368 e. The normalized spacial score (nSPS) is 19.1. The fraction of sp³-hybridized carbons (Fsp3) is 0.435. The van der Waals surface area contributed by atoms with Crippen LogP contribution in [0.15, 0.2) is 30.0 Å². The summed E-state index contributed by atoms with van der Waals surface area (Å²) >= 11 is 1.57. The number of hydrogen-bond donors (Lipinski definition) is 2. The first kappa shape index (κ1) is 21.2. The van der Waals surface area contributed by atoms with E-state index < -0.39 is 0 Å². The highest BCUT2D eigenvalue weighted by Gasteiger charge is 2.30. The Labute approximate surface area is 201 Å². The molecule has 11 heteroatoms. The number of nitrogens with two attached hydrogens (primary N) is 1. The van der Waals surface area contributed by atoms with Crippen molar-refractivity contribution in [1.82, 2.24) is 34.6 Å². The van der Waals surface area contributed by atoms with Crippen LogP contribution in [0.4, 0.5) is 23.4 Å². The molecule has 5 heterocycles. The minimum absolute atomic E-state index is 0.260. The number of aromatic nitrogens is 6. The van der Waals surface area contributed by atoms with Crippen molar-refractivity contribution in [2.45, 2.75) is 32.7 Å². The molecule has 3 N–H and O–H groups in total. The summed E-state index contributed by atoms with van der Waals surface area (Å²) in [5.41, 5.74) is 8.99. The quantitative estimate of drug-likeness (QED) is 0.433. The molecule has 0 spiro atoms. The zero-order valence-electron chi connectivity index (χ0n) is 19.3. The van der Waals surface area contributed by atoms with E-state index in [4.69, 9.17) is 10.7 Å². The van der Waals surface area contributed by atoms with Gasteiger partial charge in [-0.15, -0.1) is 16.4 Å². The van der Waals surface area contributed by atoms with E-state index in [0.29, 0.717) is 17.8 Å². The van der Waals surface area contributed by atoms with Gasteiger partial charge in [-0.1, -0.05) is 0 Å². The summed E-state index contributed by atoms with van der Waals surface area (Å²) in [5.74, 6) is 3.21. The van der Waals surface area contributed by atoms with Gasteiger partial charge in [0.1, 0.15) is 12.1 Å². The van der Waals surface area contributed by atoms with E-state index >= 15 is 0 Å². The van der Waals surface area contributed by atoms with Crippen LogP contribution in [0.5, 0.6) is 0 Å². The summed E-state index contributed by atoms with van der Waals surface area (Å²) in [5, 5.41) is 9.80. The van der Waals surface area contributed by atoms with E-state index in [2.05, 4.69) is 47.5 Å². The molecule has 0 aromatic carbocycles. The second-order valence-electron chi connectivity index (χ2n) is 9.26.